The fourth-order valence-electron chi connectivity index (χ4n) is 1.96. The summed E-state index contributed by atoms with van der Waals surface area (Å²) in [6.45, 7) is 0.387. The molecule has 21 heavy (non-hydrogen) atoms. The highest BCUT2D eigenvalue weighted by molar-refractivity contribution is 7.80. The average Bonchev–Trinajstić information content (AvgIpc) is 2.72. The van der Waals surface area contributed by atoms with Crippen LogP contribution in [0.4, 0.5) is 14.9 Å². The van der Waals surface area contributed by atoms with E-state index >= 15 is 0 Å². The Morgan fingerprint density at radius 1 is 1.33 bits per heavy atom. The summed E-state index contributed by atoms with van der Waals surface area (Å²) in [6.07, 6.45) is -0.143. The summed E-state index contributed by atoms with van der Waals surface area (Å²) < 4.78 is 12.9. The van der Waals surface area contributed by atoms with Gasteiger partial charge in [-0.05, 0) is 24.3 Å². The van der Waals surface area contributed by atoms with Crippen molar-refractivity contribution in [3.05, 3.63) is 30.1 Å². The molecule has 1 aliphatic heterocycles. The second-order valence-corrected chi connectivity index (χ2v) is 4.88. The van der Waals surface area contributed by atoms with Crippen molar-refractivity contribution < 1.29 is 18.8 Å². The number of hydrogen-bond acceptors (Lipinski definition) is 4. The van der Waals surface area contributed by atoms with E-state index in [1.807, 2.05) is 0 Å². The molecule has 2 rings (SSSR count). The summed E-state index contributed by atoms with van der Waals surface area (Å²) in [6, 6.07) is 3.43. The number of rotatable bonds is 5. The molecule has 0 aromatic heterocycles. The zero-order valence-electron chi connectivity index (χ0n) is 11.0. The molecule has 0 saturated carbocycles. The minimum atomic E-state index is -0.914. The van der Waals surface area contributed by atoms with E-state index in [1.54, 1.807) is 0 Å². The maximum absolute atomic E-state index is 12.9. The van der Waals surface area contributed by atoms with Crippen LogP contribution in [0.1, 0.15) is 6.42 Å². The third kappa shape index (κ3) is 3.52. The number of carbonyl (C=O) groups excluding carboxylic acids is 3. The molecule has 1 heterocycles. The molecule has 1 aromatic carbocycles. The van der Waals surface area contributed by atoms with Crippen LogP contribution in [-0.2, 0) is 9.59 Å². The van der Waals surface area contributed by atoms with Gasteiger partial charge in [0.1, 0.15) is 11.9 Å². The molecule has 8 heteroatoms. The Labute approximate surface area is 126 Å². The van der Waals surface area contributed by atoms with Crippen LogP contribution < -0.4 is 15.5 Å². The number of carbonyl (C=O) groups is 3. The topological polar surface area (TPSA) is 78.5 Å². The van der Waals surface area contributed by atoms with Crippen molar-refractivity contribution in [1.29, 1.82) is 0 Å². The summed E-state index contributed by atoms with van der Waals surface area (Å²) >= 11 is 3.96. The second-order valence-electron chi connectivity index (χ2n) is 4.43. The molecule has 6 nitrogen and oxygen atoms in total. The van der Waals surface area contributed by atoms with Crippen molar-refractivity contribution in [3.8, 4) is 0 Å². The Kier molecular flexibility index (Phi) is 4.79. The van der Waals surface area contributed by atoms with E-state index in [0.717, 1.165) is 17.0 Å². The highest BCUT2D eigenvalue weighted by Gasteiger charge is 2.39. The first kappa shape index (κ1) is 15.3. The van der Waals surface area contributed by atoms with Crippen molar-refractivity contribution in [1.82, 2.24) is 10.6 Å². The maximum Gasteiger partial charge on any atom is 0.329 e. The smallest absolute Gasteiger partial charge is 0.329 e. The Morgan fingerprint density at radius 3 is 2.62 bits per heavy atom. The number of amides is 4. The first-order chi connectivity index (χ1) is 10.0. The third-order valence-corrected chi connectivity index (χ3v) is 3.15. The molecule has 1 fully saturated rings. The van der Waals surface area contributed by atoms with Crippen molar-refractivity contribution in [2.45, 2.75) is 12.5 Å². The highest BCUT2D eigenvalue weighted by Crippen LogP contribution is 2.20. The molecule has 2 N–H and O–H groups in total. The molecule has 4 amide bonds. The molecule has 1 atom stereocenters. The molecule has 1 unspecified atom stereocenters. The zero-order valence-corrected chi connectivity index (χ0v) is 11.9. The van der Waals surface area contributed by atoms with Gasteiger partial charge < -0.3 is 10.6 Å². The van der Waals surface area contributed by atoms with Gasteiger partial charge in [0.05, 0.1) is 12.1 Å². The summed E-state index contributed by atoms with van der Waals surface area (Å²) in [5.74, 6) is -0.858. The van der Waals surface area contributed by atoms with Crippen LogP contribution in [0.2, 0.25) is 0 Å². The fourth-order valence-corrected chi connectivity index (χ4v) is 2.07. The van der Waals surface area contributed by atoms with E-state index in [9.17, 15) is 18.8 Å². The van der Waals surface area contributed by atoms with Crippen LogP contribution in [0.25, 0.3) is 0 Å². The second kappa shape index (κ2) is 6.57. The standard InChI is InChI=1S/C13H14FN3O3S/c14-8-1-3-9(4-2-8)17-12(19)10(16-13(17)20)7-11(18)15-5-6-21/h1-4,10,21H,5-7H2,(H,15,18)(H,16,20). The quantitative estimate of drug-likeness (QED) is 0.553. The Bertz CT molecular complexity index is 564. The molecule has 0 radical (unpaired) electrons. The number of imide groups is 1. The first-order valence-electron chi connectivity index (χ1n) is 6.30. The lowest BCUT2D eigenvalue weighted by Crippen LogP contribution is -2.37. The fraction of sp³-hybridized carbons (Fsp3) is 0.308. The predicted octanol–water partition coefficient (Wildman–Crippen LogP) is 0.687. The lowest BCUT2D eigenvalue weighted by atomic mass is 10.2. The normalized spacial score (nSPS) is 17.8. The Hall–Kier alpha value is -2.09. The number of anilines is 1. The molecule has 0 aliphatic carbocycles. The minimum absolute atomic E-state index is 0.143. The van der Waals surface area contributed by atoms with Crippen molar-refractivity contribution in [2.24, 2.45) is 0 Å². The molecule has 0 spiro atoms. The highest BCUT2D eigenvalue weighted by atomic mass is 32.1. The van der Waals surface area contributed by atoms with Gasteiger partial charge in [0, 0.05) is 12.3 Å². The monoisotopic (exact) mass is 311 g/mol. The van der Waals surface area contributed by atoms with Crippen LogP contribution in [-0.4, -0.2) is 36.2 Å². The van der Waals surface area contributed by atoms with Gasteiger partial charge >= 0.3 is 6.03 Å². The average molecular weight is 311 g/mol. The van der Waals surface area contributed by atoms with Gasteiger partial charge in [-0.15, -0.1) is 0 Å². The van der Waals surface area contributed by atoms with E-state index in [0.29, 0.717) is 12.3 Å². The largest absolute Gasteiger partial charge is 0.355 e. The minimum Gasteiger partial charge on any atom is -0.355 e. The van der Waals surface area contributed by atoms with Crippen LogP contribution >= 0.6 is 12.6 Å². The Morgan fingerprint density at radius 2 is 2.00 bits per heavy atom. The summed E-state index contributed by atoms with van der Waals surface area (Å²) in [4.78, 5) is 36.5. The van der Waals surface area contributed by atoms with Crippen LogP contribution in [0.15, 0.2) is 24.3 Å². The number of halogens is 1. The van der Waals surface area contributed by atoms with Gasteiger partial charge in [-0.3, -0.25) is 9.59 Å². The lowest BCUT2D eigenvalue weighted by molar-refractivity contribution is -0.125. The number of benzene rings is 1. The van der Waals surface area contributed by atoms with Crippen LogP contribution in [0.3, 0.4) is 0 Å². The van der Waals surface area contributed by atoms with E-state index < -0.39 is 23.8 Å². The SMILES string of the molecule is O=C(CC1NC(=O)N(c2ccc(F)cc2)C1=O)NCCS. The van der Waals surface area contributed by atoms with Crippen LogP contribution in [0, 0.1) is 5.82 Å². The molecule has 112 valence electrons. The zero-order chi connectivity index (χ0) is 15.4. The Balaban J connectivity index is 2.06. The van der Waals surface area contributed by atoms with E-state index in [1.165, 1.54) is 12.1 Å². The number of nitrogens with one attached hydrogen (secondary N) is 2. The summed E-state index contributed by atoms with van der Waals surface area (Å²) in [5.41, 5.74) is 0.261. The summed E-state index contributed by atoms with van der Waals surface area (Å²) in [5, 5.41) is 5.01. The third-order valence-electron chi connectivity index (χ3n) is 2.93. The van der Waals surface area contributed by atoms with E-state index in [4.69, 9.17) is 0 Å². The molecule has 1 aliphatic rings. The molecular weight excluding hydrogens is 297 g/mol. The number of nitrogens with zero attached hydrogens (tertiary/aromatic N) is 1. The van der Waals surface area contributed by atoms with Gasteiger partial charge in [-0.2, -0.15) is 12.6 Å². The predicted molar refractivity (Wildman–Crippen MR) is 77.7 cm³/mol. The first-order valence-corrected chi connectivity index (χ1v) is 6.93. The number of urea groups is 1. The van der Waals surface area contributed by atoms with Crippen molar-refractivity contribution in [3.63, 3.8) is 0 Å². The van der Waals surface area contributed by atoms with E-state index in [2.05, 4.69) is 23.3 Å². The summed E-state index contributed by atoms with van der Waals surface area (Å²) in [7, 11) is 0. The van der Waals surface area contributed by atoms with Gasteiger partial charge in [0.15, 0.2) is 0 Å². The van der Waals surface area contributed by atoms with Gasteiger partial charge in [0.25, 0.3) is 5.91 Å². The van der Waals surface area contributed by atoms with E-state index in [-0.39, 0.29) is 18.0 Å². The number of thiol groups is 1. The van der Waals surface area contributed by atoms with Gasteiger partial charge in [0.2, 0.25) is 5.91 Å². The lowest BCUT2D eigenvalue weighted by Gasteiger charge is -2.12. The van der Waals surface area contributed by atoms with Crippen molar-refractivity contribution >= 4 is 36.2 Å². The molecule has 1 aromatic rings. The van der Waals surface area contributed by atoms with Crippen LogP contribution in [0.5, 0.6) is 0 Å². The van der Waals surface area contributed by atoms with Gasteiger partial charge in [-0.1, -0.05) is 0 Å². The molecule has 1 saturated heterocycles. The number of hydrogen-bond donors (Lipinski definition) is 3. The molecule has 0 bridgehead atoms. The molecular formula is C13H14FN3O3S. The van der Waals surface area contributed by atoms with Gasteiger partial charge in [-0.25, -0.2) is 14.1 Å². The van der Waals surface area contributed by atoms with Crippen molar-refractivity contribution in [2.75, 3.05) is 17.2 Å². The maximum atomic E-state index is 12.9.